The van der Waals surface area contributed by atoms with E-state index in [2.05, 4.69) is 43.0 Å². The lowest BCUT2D eigenvalue weighted by atomic mass is 10.0. The Bertz CT molecular complexity index is 718. The van der Waals surface area contributed by atoms with Gasteiger partial charge in [-0.1, -0.05) is 30.3 Å². The molecule has 0 bridgehead atoms. The summed E-state index contributed by atoms with van der Waals surface area (Å²) in [5, 5.41) is 17.2. The predicted molar refractivity (Wildman–Crippen MR) is 95.4 cm³/mol. The molecule has 0 radical (unpaired) electrons. The minimum Gasteiger partial charge on any atom is -0.126 e. The van der Waals surface area contributed by atoms with E-state index < -0.39 is 0 Å². The van der Waals surface area contributed by atoms with Gasteiger partial charge < -0.3 is 0 Å². The second-order valence-corrected chi connectivity index (χ2v) is 6.41. The second kappa shape index (κ2) is 6.08. The predicted octanol–water partition coefficient (Wildman–Crippen LogP) is 4.13. The first kappa shape index (κ1) is 15.0. The molecule has 0 saturated heterocycles. The number of benzene rings is 2. The van der Waals surface area contributed by atoms with E-state index in [1.165, 1.54) is 0 Å². The van der Waals surface area contributed by atoms with E-state index in [-0.39, 0.29) is 0 Å². The van der Waals surface area contributed by atoms with E-state index in [4.69, 9.17) is 0 Å². The molecule has 0 amide bonds. The van der Waals surface area contributed by atoms with Gasteiger partial charge in [-0.2, -0.15) is 0 Å². The van der Waals surface area contributed by atoms with Crippen LogP contribution < -0.4 is 0 Å². The molecule has 5 heteroatoms. The Morgan fingerprint density at radius 3 is 1.55 bits per heavy atom. The summed E-state index contributed by atoms with van der Waals surface area (Å²) < 4.78 is 1.10. The average Bonchev–Trinajstić information content (AvgIpc) is 2.48. The largest absolute Gasteiger partial charge is 0.204 e. The third-order valence-electron chi connectivity index (χ3n) is 3.63. The van der Waals surface area contributed by atoms with Crippen LogP contribution in [0.1, 0.15) is 16.7 Å². The molecule has 0 aliphatic carbocycles. The van der Waals surface area contributed by atoms with Crippen molar-refractivity contribution in [3.8, 4) is 22.8 Å². The number of aryl methyl sites for hydroxylation is 3. The Hall–Kier alpha value is -1.89. The Balaban J connectivity index is 2.08. The Morgan fingerprint density at radius 1 is 0.636 bits per heavy atom. The van der Waals surface area contributed by atoms with Crippen molar-refractivity contribution in [3.05, 3.63) is 56.7 Å². The lowest BCUT2D eigenvalue weighted by Crippen LogP contribution is -2.03. The Labute approximate surface area is 143 Å². The quantitative estimate of drug-likeness (QED) is 0.605. The summed E-state index contributed by atoms with van der Waals surface area (Å²) in [6.07, 6.45) is 0. The minimum atomic E-state index is 0.567. The van der Waals surface area contributed by atoms with Crippen molar-refractivity contribution in [2.45, 2.75) is 20.8 Å². The van der Waals surface area contributed by atoms with E-state index >= 15 is 0 Å². The molecule has 22 heavy (non-hydrogen) atoms. The summed E-state index contributed by atoms with van der Waals surface area (Å²) >= 11 is 2.28. The van der Waals surface area contributed by atoms with Crippen molar-refractivity contribution in [2.24, 2.45) is 0 Å². The number of rotatable bonds is 2. The normalized spacial score (nSPS) is 10.7. The highest BCUT2D eigenvalue weighted by atomic mass is 127. The summed E-state index contributed by atoms with van der Waals surface area (Å²) in [7, 11) is 0. The minimum absolute atomic E-state index is 0.567. The molecule has 110 valence electrons. The fourth-order valence-corrected chi connectivity index (χ4v) is 3.39. The molecule has 3 rings (SSSR count). The maximum Gasteiger partial charge on any atom is 0.204 e. The molecule has 1 aromatic heterocycles. The maximum absolute atomic E-state index is 4.30. The molecular formula is C17H15IN4. The van der Waals surface area contributed by atoms with E-state index in [0.717, 1.165) is 31.4 Å². The van der Waals surface area contributed by atoms with Gasteiger partial charge in [-0.15, -0.1) is 20.4 Å². The van der Waals surface area contributed by atoms with E-state index in [0.29, 0.717) is 11.6 Å². The highest BCUT2D eigenvalue weighted by Crippen LogP contribution is 2.26. The van der Waals surface area contributed by atoms with Crippen LogP contribution in [0.25, 0.3) is 22.8 Å². The number of hydrogen-bond acceptors (Lipinski definition) is 4. The van der Waals surface area contributed by atoms with Gasteiger partial charge in [0.05, 0.1) is 0 Å². The smallest absolute Gasteiger partial charge is 0.126 e. The van der Waals surface area contributed by atoms with Gasteiger partial charge in [0.1, 0.15) is 0 Å². The number of nitrogens with zero attached hydrogens (tertiary/aromatic N) is 4. The van der Waals surface area contributed by atoms with E-state index in [1.54, 1.807) is 0 Å². The van der Waals surface area contributed by atoms with E-state index in [9.17, 15) is 0 Å². The standard InChI is InChI=1S/C17H15IN4/c1-10-6-4-7-11(2)14(10)16-19-21-17(22-20-16)15-12(3)8-5-9-13(15)18/h4-9H,1-3H3. The van der Waals surface area contributed by atoms with Crippen molar-refractivity contribution in [1.82, 2.24) is 20.4 Å². The first-order chi connectivity index (χ1) is 10.6. The molecule has 0 fully saturated rings. The molecule has 1 heterocycles. The zero-order valence-corrected chi connectivity index (χ0v) is 14.8. The zero-order chi connectivity index (χ0) is 15.7. The molecule has 0 unspecified atom stereocenters. The molecule has 0 aliphatic rings. The van der Waals surface area contributed by atoms with Gasteiger partial charge in [0.2, 0.25) is 11.6 Å². The van der Waals surface area contributed by atoms with Crippen molar-refractivity contribution in [3.63, 3.8) is 0 Å². The summed E-state index contributed by atoms with van der Waals surface area (Å²) in [5.41, 5.74) is 5.38. The molecule has 0 saturated carbocycles. The summed E-state index contributed by atoms with van der Waals surface area (Å²) in [5.74, 6) is 1.14. The molecule has 0 spiro atoms. The van der Waals surface area contributed by atoms with Crippen molar-refractivity contribution >= 4 is 22.6 Å². The van der Waals surface area contributed by atoms with Gasteiger partial charge in [-0.05, 0) is 66.1 Å². The topological polar surface area (TPSA) is 51.6 Å². The van der Waals surface area contributed by atoms with Gasteiger partial charge in [0.25, 0.3) is 0 Å². The zero-order valence-electron chi connectivity index (χ0n) is 12.6. The SMILES string of the molecule is Cc1cccc(C)c1-c1nnc(-c2c(C)cccc2I)nn1. The molecule has 2 aromatic carbocycles. The number of halogens is 1. The van der Waals surface area contributed by atoms with Crippen LogP contribution >= 0.6 is 22.6 Å². The van der Waals surface area contributed by atoms with Gasteiger partial charge >= 0.3 is 0 Å². The Morgan fingerprint density at radius 2 is 1.05 bits per heavy atom. The van der Waals surface area contributed by atoms with Crippen molar-refractivity contribution in [2.75, 3.05) is 0 Å². The molecule has 0 atom stereocenters. The monoisotopic (exact) mass is 402 g/mol. The van der Waals surface area contributed by atoms with Crippen LogP contribution in [-0.4, -0.2) is 20.4 Å². The first-order valence-electron chi connectivity index (χ1n) is 6.97. The summed E-state index contributed by atoms with van der Waals surface area (Å²) in [6.45, 7) is 6.13. The third kappa shape index (κ3) is 2.72. The van der Waals surface area contributed by atoms with Crippen LogP contribution in [-0.2, 0) is 0 Å². The molecule has 0 aliphatic heterocycles. The van der Waals surface area contributed by atoms with E-state index in [1.807, 2.05) is 57.2 Å². The fraction of sp³-hybridized carbons (Fsp3) is 0.176. The van der Waals surface area contributed by atoms with Crippen LogP contribution in [0.3, 0.4) is 0 Å². The number of hydrogen-bond donors (Lipinski definition) is 0. The highest BCUT2D eigenvalue weighted by Gasteiger charge is 2.13. The van der Waals surface area contributed by atoms with Crippen molar-refractivity contribution < 1.29 is 0 Å². The summed E-state index contributed by atoms with van der Waals surface area (Å²) in [6, 6.07) is 12.2. The van der Waals surface area contributed by atoms with Crippen LogP contribution in [0, 0.1) is 24.3 Å². The summed E-state index contributed by atoms with van der Waals surface area (Å²) in [4.78, 5) is 0. The average molecular weight is 402 g/mol. The third-order valence-corrected chi connectivity index (χ3v) is 4.53. The lowest BCUT2D eigenvalue weighted by molar-refractivity contribution is 0.872. The lowest BCUT2D eigenvalue weighted by Gasteiger charge is -2.08. The molecule has 0 N–H and O–H groups in total. The maximum atomic E-state index is 4.30. The van der Waals surface area contributed by atoms with Gasteiger partial charge in [0, 0.05) is 14.7 Å². The Kier molecular flexibility index (Phi) is 4.15. The van der Waals surface area contributed by atoms with Crippen LogP contribution in [0.2, 0.25) is 0 Å². The van der Waals surface area contributed by atoms with Gasteiger partial charge in [-0.25, -0.2) is 0 Å². The van der Waals surface area contributed by atoms with Crippen molar-refractivity contribution in [1.29, 1.82) is 0 Å². The van der Waals surface area contributed by atoms with Crippen LogP contribution in [0.4, 0.5) is 0 Å². The first-order valence-corrected chi connectivity index (χ1v) is 8.05. The highest BCUT2D eigenvalue weighted by molar-refractivity contribution is 14.1. The molecular weight excluding hydrogens is 387 g/mol. The molecule has 4 nitrogen and oxygen atoms in total. The fourth-order valence-electron chi connectivity index (χ4n) is 2.51. The molecule has 3 aromatic rings. The van der Waals surface area contributed by atoms with Crippen LogP contribution in [0.15, 0.2) is 36.4 Å². The van der Waals surface area contributed by atoms with Crippen LogP contribution in [0.5, 0.6) is 0 Å². The van der Waals surface area contributed by atoms with Gasteiger partial charge in [0.15, 0.2) is 0 Å². The number of aromatic nitrogens is 4. The van der Waals surface area contributed by atoms with Gasteiger partial charge in [-0.3, -0.25) is 0 Å². The second-order valence-electron chi connectivity index (χ2n) is 5.25.